The fraction of sp³-hybridized carbons (Fsp3) is 0.269. The summed E-state index contributed by atoms with van der Waals surface area (Å²) >= 11 is 12.5. The molecule has 5 rings (SSSR count). The fourth-order valence-corrected chi connectivity index (χ4v) is 4.74. The lowest BCUT2D eigenvalue weighted by Gasteiger charge is -2.43. The minimum absolute atomic E-state index is 0.107. The molecule has 0 bridgehead atoms. The van der Waals surface area contributed by atoms with Gasteiger partial charge >= 0.3 is 6.09 Å². The van der Waals surface area contributed by atoms with Gasteiger partial charge in [-0.05, 0) is 56.5 Å². The molecule has 0 spiro atoms. The molecule has 2 aromatic heterocycles. The zero-order valence-electron chi connectivity index (χ0n) is 20.2. The predicted molar refractivity (Wildman–Crippen MR) is 140 cm³/mol. The van der Waals surface area contributed by atoms with Crippen LogP contribution in [-0.4, -0.2) is 39.3 Å². The zero-order chi connectivity index (χ0) is 26.5. The number of hydrogen-bond donors (Lipinski definition) is 1. The summed E-state index contributed by atoms with van der Waals surface area (Å²) in [5.74, 6) is -0.278. The normalized spacial score (nSPS) is 14.9. The van der Waals surface area contributed by atoms with Crippen molar-refractivity contribution < 1.29 is 18.7 Å². The highest BCUT2D eigenvalue weighted by Gasteiger charge is 2.44. The van der Waals surface area contributed by atoms with E-state index in [9.17, 15) is 14.0 Å². The monoisotopic (exact) mass is 544 g/mol. The molecule has 192 valence electrons. The Labute approximate surface area is 221 Å². The lowest BCUT2D eigenvalue weighted by Crippen LogP contribution is -2.53. The number of halogens is 3. The first kappa shape index (κ1) is 25.3. The molecule has 0 saturated carbocycles. The molecule has 8 nitrogen and oxygen atoms in total. The van der Waals surface area contributed by atoms with Crippen LogP contribution >= 0.6 is 23.2 Å². The largest absolute Gasteiger partial charge is 0.442 e. The molecule has 0 aliphatic carbocycles. The molecule has 0 amide bonds. The number of rotatable bonds is 4. The molecule has 0 radical (unpaired) electrons. The number of nitrogens with zero attached hydrogens (tertiary/aromatic N) is 3. The number of nitrogens with one attached hydrogen (secondary N) is 1. The summed E-state index contributed by atoms with van der Waals surface area (Å²) in [5, 5.41) is 8.73. The number of carbonyl (C=O) groups is 1. The van der Waals surface area contributed by atoms with E-state index in [0.717, 1.165) is 4.68 Å². The van der Waals surface area contributed by atoms with Gasteiger partial charge in [0.25, 0.3) is 5.56 Å². The van der Waals surface area contributed by atoms with Gasteiger partial charge in [-0.3, -0.25) is 9.36 Å². The van der Waals surface area contributed by atoms with Gasteiger partial charge in [0.1, 0.15) is 22.8 Å². The maximum atomic E-state index is 14.8. The van der Waals surface area contributed by atoms with E-state index >= 15 is 0 Å². The van der Waals surface area contributed by atoms with Crippen LogP contribution in [0.4, 0.5) is 14.9 Å². The van der Waals surface area contributed by atoms with Crippen molar-refractivity contribution in [3.05, 3.63) is 86.6 Å². The number of fused-ring (bicyclic) bond motifs is 1. The number of anilines is 1. The first-order valence-corrected chi connectivity index (χ1v) is 12.2. The Balaban J connectivity index is 1.55. The molecule has 1 saturated heterocycles. The van der Waals surface area contributed by atoms with Crippen LogP contribution in [0, 0.1) is 5.82 Å². The van der Waals surface area contributed by atoms with Crippen LogP contribution in [0.15, 0.2) is 59.7 Å². The smallest absolute Gasteiger partial charge is 0.437 e. The maximum Gasteiger partial charge on any atom is 0.437 e. The average Bonchev–Trinajstić information content (AvgIpc) is 3.29. The van der Waals surface area contributed by atoms with E-state index in [1.807, 2.05) is 0 Å². The molecule has 0 atom stereocenters. The van der Waals surface area contributed by atoms with Crippen molar-refractivity contribution in [2.24, 2.45) is 0 Å². The molecule has 1 N–H and O–H groups in total. The molecule has 4 aromatic rings. The van der Waals surface area contributed by atoms with Crippen LogP contribution < -0.4 is 10.9 Å². The van der Waals surface area contributed by atoms with Gasteiger partial charge < -0.3 is 14.8 Å². The standard InChI is InChI=1S/C26H23Cl2FN4O4/c1-25(2,3)37-24(35)33-20(8-10-30-33)32-11-9-15-4-5-16(12-17(15)23(32)34)31-26(13-36-14-26)21-19(29)7-6-18(27)22(21)28/h4-12,31H,13-14H2,1-3H3. The second kappa shape index (κ2) is 9.16. The topological polar surface area (TPSA) is 87.4 Å². The summed E-state index contributed by atoms with van der Waals surface area (Å²) in [6.07, 6.45) is 2.28. The van der Waals surface area contributed by atoms with Crippen molar-refractivity contribution >= 4 is 45.8 Å². The molecule has 37 heavy (non-hydrogen) atoms. The quantitative estimate of drug-likeness (QED) is 0.329. The average molecular weight is 545 g/mol. The van der Waals surface area contributed by atoms with Crippen molar-refractivity contribution in [3.63, 3.8) is 0 Å². The Hall–Kier alpha value is -3.40. The van der Waals surface area contributed by atoms with E-state index in [0.29, 0.717) is 16.5 Å². The third-order valence-electron chi connectivity index (χ3n) is 5.94. The Morgan fingerprint density at radius 3 is 2.59 bits per heavy atom. The number of aromatic nitrogens is 3. The van der Waals surface area contributed by atoms with Gasteiger partial charge in [-0.2, -0.15) is 5.10 Å². The van der Waals surface area contributed by atoms with E-state index in [1.165, 1.54) is 22.9 Å². The molecule has 1 aliphatic rings. The molecule has 1 fully saturated rings. The Morgan fingerprint density at radius 1 is 1.16 bits per heavy atom. The van der Waals surface area contributed by atoms with Gasteiger partial charge in [0.05, 0.1) is 29.5 Å². The van der Waals surface area contributed by atoms with Gasteiger partial charge in [-0.15, -0.1) is 4.68 Å². The summed E-state index contributed by atoms with van der Waals surface area (Å²) < 4.78 is 28.0. The van der Waals surface area contributed by atoms with Crippen LogP contribution in [-0.2, 0) is 15.0 Å². The van der Waals surface area contributed by atoms with Gasteiger partial charge in [-0.25, -0.2) is 9.18 Å². The lowest BCUT2D eigenvalue weighted by atomic mass is 9.87. The van der Waals surface area contributed by atoms with Crippen molar-refractivity contribution in [2.75, 3.05) is 18.5 Å². The Kier molecular flexibility index (Phi) is 6.26. The number of carbonyl (C=O) groups excluding carboxylic acids is 1. The second-order valence-corrected chi connectivity index (χ2v) is 10.6. The number of hydrogen-bond acceptors (Lipinski definition) is 6. The first-order chi connectivity index (χ1) is 17.5. The highest BCUT2D eigenvalue weighted by atomic mass is 35.5. The van der Waals surface area contributed by atoms with Crippen molar-refractivity contribution in [3.8, 4) is 5.82 Å². The third-order valence-corrected chi connectivity index (χ3v) is 6.75. The maximum absolute atomic E-state index is 14.8. The van der Waals surface area contributed by atoms with E-state index in [2.05, 4.69) is 10.4 Å². The van der Waals surface area contributed by atoms with E-state index in [-0.39, 0.29) is 40.2 Å². The van der Waals surface area contributed by atoms with Crippen LogP contribution in [0.3, 0.4) is 0 Å². The highest BCUT2D eigenvalue weighted by molar-refractivity contribution is 6.42. The lowest BCUT2D eigenvalue weighted by molar-refractivity contribution is -0.0461. The van der Waals surface area contributed by atoms with Gasteiger partial charge in [0.15, 0.2) is 0 Å². The number of benzene rings is 2. The molecule has 0 unspecified atom stereocenters. The van der Waals surface area contributed by atoms with E-state index in [1.54, 1.807) is 57.3 Å². The van der Waals surface area contributed by atoms with Crippen molar-refractivity contribution in [1.29, 1.82) is 0 Å². The molecular formula is C26H23Cl2FN4O4. The second-order valence-electron chi connectivity index (χ2n) is 9.79. The molecule has 11 heteroatoms. The van der Waals surface area contributed by atoms with Gasteiger partial charge in [0, 0.05) is 28.9 Å². The van der Waals surface area contributed by atoms with Crippen LogP contribution in [0.5, 0.6) is 0 Å². The molecule has 3 heterocycles. The fourth-order valence-electron chi connectivity index (χ4n) is 4.25. The SMILES string of the molecule is CC(C)(C)OC(=O)n1nccc1-n1ccc2ccc(NC3(c4c(F)ccc(Cl)c4Cl)COC3)cc2c1=O. The minimum Gasteiger partial charge on any atom is -0.442 e. The molecular weight excluding hydrogens is 522 g/mol. The number of pyridine rings is 1. The van der Waals surface area contributed by atoms with Gasteiger partial charge in [0.2, 0.25) is 0 Å². The summed E-state index contributed by atoms with van der Waals surface area (Å²) in [6, 6.07) is 11.2. The Bertz CT molecular complexity index is 1590. The summed E-state index contributed by atoms with van der Waals surface area (Å²) in [6.45, 7) is 5.56. The summed E-state index contributed by atoms with van der Waals surface area (Å²) in [7, 11) is 0. The summed E-state index contributed by atoms with van der Waals surface area (Å²) in [5.41, 5.74) is -1.30. The van der Waals surface area contributed by atoms with E-state index < -0.39 is 23.1 Å². The Morgan fingerprint density at radius 2 is 1.92 bits per heavy atom. The van der Waals surface area contributed by atoms with Gasteiger partial charge in [-0.1, -0.05) is 29.3 Å². The molecule has 1 aliphatic heterocycles. The van der Waals surface area contributed by atoms with Crippen molar-refractivity contribution in [2.45, 2.75) is 31.9 Å². The molecule has 2 aromatic carbocycles. The first-order valence-electron chi connectivity index (χ1n) is 11.4. The van der Waals surface area contributed by atoms with Crippen LogP contribution in [0.25, 0.3) is 16.6 Å². The highest BCUT2D eigenvalue weighted by Crippen LogP contribution is 2.42. The van der Waals surface area contributed by atoms with Crippen molar-refractivity contribution in [1.82, 2.24) is 14.3 Å². The predicted octanol–water partition coefficient (Wildman–Crippen LogP) is 5.75. The van der Waals surface area contributed by atoms with E-state index in [4.69, 9.17) is 32.7 Å². The minimum atomic E-state index is -0.955. The number of ether oxygens (including phenoxy) is 2. The third kappa shape index (κ3) is 4.58. The van der Waals surface area contributed by atoms with Crippen LogP contribution in [0.2, 0.25) is 10.0 Å². The van der Waals surface area contributed by atoms with Crippen LogP contribution in [0.1, 0.15) is 26.3 Å². The summed E-state index contributed by atoms with van der Waals surface area (Å²) in [4.78, 5) is 26.2. The zero-order valence-corrected chi connectivity index (χ0v) is 21.7.